The van der Waals surface area contributed by atoms with Crippen LogP contribution in [0.2, 0.25) is 0 Å². The molecule has 1 aliphatic rings. The molecule has 0 N–H and O–H groups in total. The van der Waals surface area contributed by atoms with Gasteiger partial charge in [0.2, 0.25) is 0 Å². The van der Waals surface area contributed by atoms with Gasteiger partial charge < -0.3 is 4.74 Å². The van der Waals surface area contributed by atoms with Crippen LogP contribution >= 0.6 is 0 Å². The molecular formula is C22H38O3. The summed E-state index contributed by atoms with van der Waals surface area (Å²) in [5.74, 6) is -0.750. The van der Waals surface area contributed by atoms with Gasteiger partial charge in [-0.1, -0.05) is 96.6 Å². The van der Waals surface area contributed by atoms with Gasteiger partial charge in [-0.05, 0) is 18.8 Å². The number of esters is 2. The fraction of sp³-hybridized carbons (Fsp3) is 0.818. The van der Waals surface area contributed by atoms with Gasteiger partial charge in [-0.3, -0.25) is 9.59 Å². The molecule has 0 spiro atoms. The van der Waals surface area contributed by atoms with Crippen molar-refractivity contribution in [2.24, 2.45) is 11.8 Å². The third-order valence-electron chi connectivity index (χ3n) is 5.17. The summed E-state index contributed by atoms with van der Waals surface area (Å²) in [6.07, 6.45) is 20.8. The molecule has 0 saturated carbocycles. The number of unbranched alkanes of at least 4 members (excludes halogenated alkanes) is 10. The van der Waals surface area contributed by atoms with Crippen LogP contribution in [-0.4, -0.2) is 11.9 Å². The summed E-state index contributed by atoms with van der Waals surface area (Å²) < 4.78 is 4.76. The van der Waals surface area contributed by atoms with E-state index in [0.717, 1.165) is 19.3 Å². The smallest absolute Gasteiger partial charge is 0.317 e. The van der Waals surface area contributed by atoms with Crippen LogP contribution in [-0.2, 0) is 14.3 Å². The van der Waals surface area contributed by atoms with E-state index in [2.05, 4.69) is 26.0 Å². The molecule has 1 heterocycles. The van der Waals surface area contributed by atoms with Crippen LogP contribution in [0.1, 0.15) is 104 Å². The number of hydrogen-bond donors (Lipinski definition) is 0. The average Bonchev–Trinajstić information content (AvgIpc) is 2.93. The number of cyclic esters (lactones) is 2. The Kier molecular flexibility index (Phi) is 12.4. The summed E-state index contributed by atoms with van der Waals surface area (Å²) in [6.45, 7) is 4.43. The molecular weight excluding hydrogens is 312 g/mol. The standard InChI is InChI=1S/C22H38O3/c1-3-5-7-9-10-11-12-13-15-17-19(16-14-8-6-4-2)20-18-21(23)25-22(20)24/h14,16,19-20H,3-13,15,17-18H2,1-2H3/b16-14+. The Labute approximate surface area is 154 Å². The zero-order chi connectivity index (χ0) is 18.3. The van der Waals surface area contributed by atoms with E-state index in [0.29, 0.717) is 0 Å². The van der Waals surface area contributed by atoms with Crippen molar-refractivity contribution in [3.63, 3.8) is 0 Å². The van der Waals surface area contributed by atoms with Gasteiger partial charge in [0.1, 0.15) is 0 Å². The minimum Gasteiger partial charge on any atom is -0.393 e. The second kappa shape index (κ2) is 14.1. The lowest BCUT2D eigenvalue weighted by Crippen LogP contribution is -2.18. The largest absolute Gasteiger partial charge is 0.393 e. The van der Waals surface area contributed by atoms with Crippen LogP contribution in [0.5, 0.6) is 0 Å². The normalized spacial score (nSPS) is 18.9. The van der Waals surface area contributed by atoms with Crippen LogP contribution in [0.3, 0.4) is 0 Å². The highest BCUT2D eigenvalue weighted by molar-refractivity contribution is 5.94. The molecule has 1 rings (SSSR count). The molecule has 0 radical (unpaired) electrons. The molecule has 0 aromatic carbocycles. The van der Waals surface area contributed by atoms with Crippen molar-refractivity contribution in [3.05, 3.63) is 12.2 Å². The first kappa shape index (κ1) is 21.9. The van der Waals surface area contributed by atoms with Crippen LogP contribution < -0.4 is 0 Å². The van der Waals surface area contributed by atoms with E-state index in [1.165, 1.54) is 64.2 Å². The van der Waals surface area contributed by atoms with Gasteiger partial charge in [-0.25, -0.2) is 0 Å². The SMILES string of the molecule is CCCC/C=C/C(CCCCCCCCCCC)C1CC(=O)OC1=O. The molecule has 0 aromatic rings. The third kappa shape index (κ3) is 9.81. The number of rotatable bonds is 15. The summed E-state index contributed by atoms with van der Waals surface area (Å²) in [5.41, 5.74) is 0. The Balaban J connectivity index is 2.27. The van der Waals surface area contributed by atoms with Crippen LogP contribution in [0.4, 0.5) is 0 Å². The highest BCUT2D eigenvalue weighted by Gasteiger charge is 2.37. The van der Waals surface area contributed by atoms with Crippen molar-refractivity contribution >= 4 is 11.9 Å². The van der Waals surface area contributed by atoms with Crippen molar-refractivity contribution in [1.29, 1.82) is 0 Å². The van der Waals surface area contributed by atoms with E-state index in [9.17, 15) is 9.59 Å². The first-order valence-electron chi connectivity index (χ1n) is 10.6. The lowest BCUT2D eigenvalue weighted by atomic mass is 9.86. The molecule has 2 atom stereocenters. The van der Waals surface area contributed by atoms with Crippen molar-refractivity contribution in [1.82, 2.24) is 0 Å². The van der Waals surface area contributed by atoms with E-state index in [1.807, 2.05) is 0 Å². The molecule has 25 heavy (non-hydrogen) atoms. The summed E-state index contributed by atoms with van der Waals surface area (Å²) in [4.78, 5) is 23.3. The van der Waals surface area contributed by atoms with E-state index < -0.39 is 0 Å². The topological polar surface area (TPSA) is 43.4 Å². The van der Waals surface area contributed by atoms with Gasteiger partial charge >= 0.3 is 11.9 Å². The maximum absolute atomic E-state index is 11.9. The Hall–Kier alpha value is -1.12. The molecule has 144 valence electrons. The molecule has 0 aromatic heterocycles. The summed E-state index contributed by atoms with van der Waals surface area (Å²) in [6, 6.07) is 0. The van der Waals surface area contributed by atoms with Crippen molar-refractivity contribution in [2.75, 3.05) is 0 Å². The highest BCUT2D eigenvalue weighted by atomic mass is 16.6. The van der Waals surface area contributed by atoms with E-state index in [-0.39, 0.29) is 30.2 Å². The zero-order valence-corrected chi connectivity index (χ0v) is 16.4. The van der Waals surface area contributed by atoms with Crippen LogP contribution in [0.25, 0.3) is 0 Å². The lowest BCUT2D eigenvalue weighted by molar-refractivity contribution is -0.153. The average molecular weight is 351 g/mol. The summed E-state index contributed by atoms with van der Waals surface area (Å²) in [5, 5.41) is 0. The van der Waals surface area contributed by atoms with Gasteiger partial charge in [0, 0.05) is 0 Å². The van der Waals surface area contributed by atoms with E-state index >= 15 is 0 Å². The summed E-state index contributed by atoms with van der Waals surface area (Å²) >= 11 is 0. The number of hydrogen-bond acceptors (Lipinski definition) is 3. The summed E-state index contributed by atoms with van der Waals surface area (Å²) in [7, 11) is 0. The minimum atomic E-state index is -0.353. The Morgan fingerprint density at radius 3 is 2.08 bits per heavy atom. The van der Waals surface area contributed by atoms with Crippen molar-refractivity contribution < 1.29 is 14.3 Å². The Morgan fingerprint density at radius 1 is 0.920 bits per heavy atom. The predicted molar refractivity (Wildman–Crippen MR) is 103 cm³/mol. The maximum atomic E-state index is 11.9. The number of carbonyl (C=O) groups is 2. The molecule has 1 aliphatic heterocycles. The third-order valence-corrected chi connectivity index (χ3v) is 5.17. The van der Waals surface area contributed by atoms with Crippen molar-refractivity contribution in [2.45, 2.75) is 104 Å². The maximum Gasteiger partial charge on any atom is 0.317 e. The molecule has 1 fully saturated rings. The molecule has 2 unspecified atom stereocenters. The molecule has 0 bridgehead atoms. The first-order valence-corrected chi connectivity index (χ1v) is 10.6. The number of carbonyl (C=O) groups excluding carboxylic acids is 2. The second-order valence-electron chi connectivity index (χ2n) is 7.46. The number of ether oxygens (including phenoxy) is 1. The fourth-order valence-corrected chi connectivity index (χ4v) is 3.53. The van der Waals surface area contributed by atoms with Crippen LogP contribution in [0, 0.1) is 11.8 Å². The molecule has 1 saturated heterocycles. The zero-order valence-electron chi connectivity index (χ0n) is 16.4. The highest BCUT2D eigenvalue weighted by Crippen LogP contribution is 2.30. The second-order valence-corrected chi connectivity index (χ2v) is 7.46. The fourth-order valence-electron chi connectivity index (χ4n) is 3.53. The van der Waals surface area contributed by atoms with Gasteiger partial charge in [-0.2, -0.15) is 0 Å². The van der Waals surface area contributed by atoms with Gasteiger partial charge in [0.25, 0.3) is 0 Å². The first-order chi connectivity index (χ1) is 12.2. The number of allylic oxidation sites excluding steroid dienone is 2. The Morgan fingerprint density at radius 2 is 1.52 bits per heavy atom. The van der Waals surface area contributed by atoms with Gasteiger partial charge in [-0.15, -0.1) is 0 Å². The van der Waals surface area contributed by atoms with E-state index in [1.54, 1.807) is 0 Å². The van der Waals surface area contributed by atoms with Crippen molar-refractivity contribution in [3.8, 4) is 0 Å². The Bertz CT molecular complexity index is 400. The van der Waals surface area contributed by atoms with Gasteiger partial charge in [0.05, 0.1) is 12.3 Å². The molecule has 3 heteroatoms. The molecule has 0 amide bonds. The van der Waals surface area contributed by atoms with Crippen LogP contribution in [0.15, 0.2) is 12.2 Å². The predicted octanol–water partition coefficient (Wildman–Crippen LogP) is 6.36. The quantitative estimate of drug-likeness (QED) is 0.149. The van der Waals surface area contributed by atoms with Gasteiger partial charge in [0.15, 0.2) is 0 Å². The lowest BCUT2D eigenvalue weighted by Gasteiger charge is -2.16. The minimum absolute atomic E-state index is 0.167. The monoisotopic (exact) mass is 350 g/mol. The molecule has 3 nitrogen and oxygen atoms in total. The molecule has 0 aliphatic carbocycles. The van der Waals surface area contributed by atoms with E-state index in [4.69, 9.17) is 4.74 Å².